The van der Waals surface area contributed by atoms with Gasteiger partial charge in [0.2, 0.25) is 5.91 Å². The molecular weight excluding hydrogens is 428 g/mol. The SMILES string of the molecule is CCOc1ccc(N(CC)S(=O)(=O)N2CCC[C@H](C(=O)NCCN3CCCCC3)C2)cc1. The van der Waals surface area contributed by atoms with Gasteiger partial charge in [-0.2, -0.15) is 12.7 Å². The summed E-state index contributed by atoms with van der Waals surface area (Å²) in [5, 5.41) is 3.04. The Morgan fingerprint density at radius 2 is 1.81 bits per heavy atom. The molecular formula is C23H38N4O4S. The van der Waals surface area contributed by atoms with Crippen molar-refractivity contribution in [2.24, 2.45) is 5.92 Å². The lowest BCUT2D eigenvalue weighted by atomic mass is 9.99. The van der Waals surface area contributed by atoms with Gasteiger partial charge in [-0.05, 0) is 76.9 Å². The lowest BCUT2D eigenvalue weighted by Gasteiger charge is -2.35. The summed E-state index contributed by atoms with van der Waals surface area (Å²) in [5.74, 6) is 0.369. The van der Waals surface area contributed by atoms with Crippen LogP contribution in [0.5, 0.6) is 5.75 Å². The molecule has 8 nitrogen and oxygen atoms in total. The van der Waals surface area contributed by atoms with E-state index in [1.807, 2.05) is 13.8 Å². The molecule has 0 saturated carbocycles. The molecule has 32 heavy (non-hydrogen) atoms. The molecule has 1 amide bonds. The van der Waals surface area contributed by atoms with E-state index in [9.17, 15) is 13.2 Å². The number of nitrogens with one attached hydrogen (secondary N) is 1. The zero-order valence-electron chi connectivity index (χ0n) is 19.5. The highest BCUT2D eigenvalue weighted by Gasteiger charge is 2.35. The van der Waals surface area contributed by atoms with Gasteiger partial charge >= 0.3 is 10.2 Å². The monoisotopic (exact) mass is 466 g/mol. The highest BCUT2D eigenvalue weighted by atomic mass is 32.2. The Morgan fingerprint density at radius 3 is 2.47 bits per heavy atom. The number of anilines is 1. The molecule has 1 atom stereocenters. The molecule has 0 aromatic heterocycles. The van der Waals surface area contributed by atoms with Crippen LogP contribution in [0.1, 0.15) is 46.0 Å². The summed E-state index contributed by atoms with van der Waals surface area (Å²) in [5.41, 5.74) is 0.601. The zero-order chi connectivity index (χ0) is 23.0. The van der Waals surface area contributed by atoms with E-state index in [1.54, 1.807) is 24.3 Å². The van der Waals surface area contributed by atoms with Gasteiger partial charge in [-0.3, -0.25) is 9.10 Å². The van der Waals surface area contributed by atoms with Gasteiger partial charge in [-0.15, -0.1) is 0 Å². The Morgan fingerprint density at radius 1 is 1.09 bits per heavy atom. The minimum absolute atomic E-state index is 0.0361. The average molecular weight is 467 g/mol. The molecule has 0 aliphatic carbocycles. The van der Waals surface area contributed by atoms with Crippen LogP contribution in [-0.4, -0.2) is 76.0 Å². The maximum atomic E-state index is 13.4. The molecule has 2 heterocycles. The van der Waals surface area contributed by atoms with Gasteiger partial charge in [-0.25, -0.2) is 0 Å². The van der Waals surface area contributed by atoms with Crippen molar-refractivity contribution in [3.8, 4) is 5.75 Å². The first-order valence-electron chi connectivity index (χ1n) is 12.0. The summed E-state index contributed by atoms with van der Waals surface area (Å²) < 4.78 is 35.1. The number of likely N-dealkylation sites (tertiary alicyclic amines) is 1. The minimum Gasteiger partial charge on any atom is -0.494 e. The summed E-state index contributed by atoms with van der Waals surface area (Å²) in [4.78, 5) is 15.1. The van der Waals surface area contributed by atoms with Crippen molar-refractivity contribution in [1.29, 1.82) is 0 Å². The van der Waals surface area contributed by atoms with Gasteiger partial charge in [0.15, 0.2) is 0 Å². The van der Waals surface area contributed by atoms with Gasteiger partial charge in [0.05, 0.1) is 18.2 Å². The zero-order valence-corrected chi connectivity index (χ0v) is 20.3. The second-order valence-corrected chi connectivity index (χ2v) is 10.3. The van der Waals surface area contributed by atoms with Crippen LogP contribution < -0.4 is 14.4 Å². The van der Waals surface area contributed by atoms with Crippen LogP contribution in [0.3, 0.4) is 0 Å². The van der Waals surface area contributed by atoms with E-state index < -0.39 is 10.2 Å². The summed E-state index contributed by atoms with van der Waals surface area (Å²) in [6, 6.07) is 7.10. The quantitative estimate of drug-likeness (QED) is 0.573. The Kier molecular flexibility index (Phi) is 9.19. The van der Waals surface area contributed by atoms with E-state index in [0.717, 1.165) is 26.1 Å². The predicted molar refractivity (Wildman–Crippen MR) is 127 cm³/mol. The number of hydrogen-bond acceptors (Lipinski definition) is 5. The maximum absolute atomic E-state index is 13.4. The number of benzene rings is 1. The van der Waals surface area contributed by atoms with Crippen LogP contribution in [-0.2, 0) is 15.0 Å². The van der Waals surface area contributed by atoms with Gasteiger partial charge < -0.3 is 15.0 Å². The summed E-state index contributed by atoms with van der Waals surface area (Å²) in [7, 11) is -3.72. The Labute approximate surface area is 193 Å². The predicted octanol–water partition coefficient (Wildman–Crippen LogP) is 2.47. The van der Waals surface area contributed by atoms with Crippen molar-refractivity contribution in [1.82, 2.24) is 14.5 Å². The van der Waals surface area contributed by atoms with Gasteiger partial charge in [-0.1, -0.05) is 6.42 Å². The van der Waals surface area contributed by atoms with Crippen LogP contribution in [0.15, 0.2) is 24.3 Å². The third-order valence-corrected chi connectivity index (χ3v) is 8.27. The molecule has 1 aromatic carbocycles. The van der Waals surface area contributed by atoms with Gasteiger partial charge in [0, 0.05) is 32.7 Å². The molecule has 0 radical (unpaired) electrons. The summed E-state index contributed by atoms with van der Waals surface area (Å²) in [6.07, 6.45) is 5.15. The van der Waals surface area contributed by atoms with Crippen molar-refractivity contribution >= 4 is 21.8 Å². The standard InChI is InChI=1S/C23H38N4O4S/c1-3-27(21-10-12-22(13-11-21)31-4-2)32(29,30)26-17-8-9-20(19-26)23(28)24-14-18-25-15-6-5-7-16-25/h10-13,20H,3-9,14-19H2,1-2H3,(H,24,28)/t20-/m0/s1. The van der Waals surface area contributed by atoms with E-state index in [1.165, 1.54) is 27.9 Å². The first-order valence-corrected chi connectivity index (χ1v) is 13.4. The number of nitrogens with zero attached hydrogens (tertiary/aromatic N) is 3. The van der Waals surface area contributed by atoms with Crippen molar-refractivity contribution in [2.75, 3.05) is 56.7 Å². The number of hydrogen-bond donors (Lipinski definition) is 1. The van der Waals surface area contributed by atoms with Crippen LogP contribution in [0, 0.1) is 5.92 Å². The lowest BCUT2D eigenvalue weighted by Crippen LogP contribution is -2.51. The molecule has 2 fully saturated rings. The van der Waals surface area contributed by atoms with E-state index in [-0.39, 0.29) is 18.4 Å². The van der Waals surface area contributed by atoms with E-state index in [2.05, 4.69) is 10.2 Å². The van der Waals surface area contributed by atoms with Crippen LogP contribution in [0.4, 0.5) is 5.69 Å². The number of rotatable bonds is 10. The van der Waals surface area contributed by atoms with Crippen molar-refractivity contribution in [2.45, 2.75) is 46.0 Å². The molecule has 1 N–H and O–H groups in total. The van der Waals surface area contributed by atoms with Crippen molar-refractivity contribution < 1.29 is 17.9 Å². The number of amides is 1. The molecule has 180 valence electrons. The Bertz CT molecular complexity index is 825. The largest absolute Gasteiger partial charge is 0.494 e. The fourth-order valence-electron chi connectivity index (χ4n) is 4.52. The lowest BCUT2D eigenvalue weighted by molar-refractivity contribution is -0.126. The molecule has 1 aromatic rings. The van der Waals surface area contributed by atoms with Gasteiger partial charge in [0.1, 0.15) is 5.75 Å². The van der Waals surface area contributed by atoms with E-state index in [0.29, 0.717) is 44.1 Å². The van der Waals surface area contributed by atoms with E-state index in [4.69, 9.17) is 4.74 Å². The van der Waals surface area contributed by atoms with Crippen LogP contribution in [0.25, 0.3) is 0 Å². The minimum atomic E-state index is -3.72. The average Bonchev–Trinajstić information content (AvgIpc) is 2.81. The first-order chi connectivity index (χ1) is 15.5. The van der Waals surface area contributed by atoms with E-state index >= 15 is 0 Å². The smallest absolute Gasteiger partial charge is 0.304 e. The molecule has 2 aliphatic rings. The molecule has 0 bridgehead atoms. The van der Waals surface area contributed by atoms with Crippen LogP contribution in [0.2, 0.25) is 0 Å². The summed E-state index contributed by atoms with van der Waals surface area (Å²) >= 11 is 0. The molecule has 3 rings (SSSR count). The number of carbonyl (C=O) groups is 1. The molecule has 2 saturated heterocycles. The maximum Gasteiger partial charge on any atom is 0.304 e. The van der Waals surface area contributed by atoms with Crippen molar-refractivity contribution in [3.63, 3.8) is 0 Å². The third-order valence-electron chi connectivity index (χ3n) is 6.26. The van der Waals surface area contributed by atoms with Gasteiger partial charge in [0.25, 0.3) is 0 Å². The molecule has 9 heteroatoms. The second kappa shape index (κ2) is 11.9. The molecule has 2 aliphatic heterocycles. The fourth-order valence-corrected chi connectivity index (χ4v) is 6.25. The number of piperidine rings is 2. The molecule has 0 spiro atoms. The fraction of sp³-hybridized carbons (Fsp3) is 0.696. The Hall–Kier alpha value is -1.84. The molecule has 0 unspecified atom stereocenters. The number of ether oxygens (including phenoxy) is 1. The van der Waals surface area contributed by atoms with Crippen molar-refractivity contribution in [3.05, 3.63) is 24.3 Å². The number of carbonyl (C=O) groups excluding carboxylic acids is 1. The Balaban J connectivity index is 1.58. The topological polar surface area (TPSA) is 82.2 Å². The highest BCUT2D eigenvalue weighted by molar-refractivity contribution is 7.90. The third kappa shape index (κ3) is 6.36. The van der Waals surface area contributed by atoms with Crippen LogP contribution >= 0.6 is 0 Å². The summed E-state index contributed by atoms with van der Waals surface area (Å²) in [6.45, 7) is 8.96. The highest BCUT2D eigenvalue weighted by Crippen LogP contribution is 2.27. The normalized spacial score (nSPS) is 20.6. The first kappa shape index (κ1) is 24.8. The second-order valence-electron chi connectivity index (χ2n) is 8.49.